The second-order valence-electron chi connectivity index (χ2n) is 7.63. The summed E-state index contributed by atoms with van der Waals surface area (Å²) in [6, 6.07) is 17.9. The van der Waals surface area contributed by atoms with Crippen LogP contribution >= 0.6 is 23.8 Å². The van der Waals surface area contributed by atoms with Gasteiger partial charge in [-0.05, 0) is 68.4 Å². The quantitative estimate of drug-likeness (QED) is 0.366. The van der Waals surface area contributed by atoms with Gasteiger partial charge in [0, 0.05) is 22.3 Å². The Labute approximate surface area is 189 Å². The first kappa shape index (κ1) is 20.1. The van der Waals surface area contributed by atoms with Crippen molar-refractivity contribution in [3.05, 3.63) is 76.1 Å². The molecule has 158 valence electrons. The van der Waals surface area contributed by atoms with Crippen molar-refractivity contribution in [2.45, 2.75) is 39.0 Å². The molecule has 0 N–H and O–H groups in total. The van der Waals surface area contributed by atoms with E-state index in [4.69, 9.17) is 33.3 Å². The maximum Gasteiger partial charge on any atom is 0.247 e. The minimum Gasteiger partial charge on any atom is -0.419 e. The Morgan fingerprint density at radius 3 is 2.55 bits per heavy atom. The van der Waals surface area contributed by atoms with Crippen LogP contribution in [0.25, 0.3) is 17.1 Å². The molecule has 1 aliphatic rings. The Hall–Kier alpha value is -2.81. The molecule has 1 fully saturated rings. The third kappa shape index (κ3) is 4.32. The lowest BCUT2D eigenvalue weighted by atomic mass is 10.2. The van der Waals surface area contributed by atoms with Crippen LogP contribution in [0.4, 0.5) is 0 Å². The van der Waals surface area contributed by atoms with Crippen molar-refractivity contribution in [1.82, 2.24) is 29.4 Å². The van der Waals surface area contributed by atoms with E-state index in [1.165, 1.54) is 0 Å². The summed E-state index contributed by atoms with van der Waals surface area (Å²) in [5, 5.41) is 13.8. The maximum atomic E-state index is 5.96. The van der Waals surface area contributed by atoms with Gasteiger partial charge in [-0.15, -0.1) is 10.2 Å². The molecule has 0 unspecified atom stereocenters. The number of benzene rings is 2. The topological polar surface area (TPSA) is 64.9 Å². The smallest absolute Gasteiger partial charge is 0.247 e. The summed E-state index contributed by atoms with van der Waals surface area (Å²) in [7, 11) is 0. The summed E-state index contributed by atoms with van der Waals surface area (Å²) in [5.74, 6) is 1.92. The second kappa shape index (κ2) is 8.37. The lowest BCUT2D eigenvalue weighted by molar-refractivity contribution is 0.170. The Morgan fingerprint density at radius 2 is 1.84 bits per heavy atom. The molecule has 5 rings (SSSR count). The van der Waals surface area contributed by atoms with Crippen molar-refractivity contribution in [3.8, 4) is 17.1 Å². The normalized spacial score (nSPS) is 13.8. The summed E-state index contributed by atoms with van der Waals surface area (Å²) in [4.78, 5) is 2.29. The van der Waals surface area contributed by atoms with E-state index in [-0.39, 0.29) is 0 Å². The van der Waals surface area contributed by atoms with Crippen molar-refractivity contribution in [2.24, 2.45) is 0 Å². The zero-order chi connectivity index (χ0) is 21.4. The first-order chi connectivity index (χ1) is 15.1. The number of hydrogen-bond acceptors (Lipinski definition) is 6. The largest absolute Gasteiger partial charge is 0.419 e. The van der Waals surface area contributed by atoms with Gasteiger partial charge in [-0.2, -0.15) is 5.10 Å². The van der Waals surface area contributed by atoms with Gasteiger partial charge < -0.3 is 4.42 Å². The molecule has 2 heterocycles. The van der Waals surface area contributed by atoms with Gasteiger partial charge in [-0.1, -0.05) is 29.8 Å². The Bertz CT molecular complexity index is 1240. The molecule has 0 spiro atoms. The second-order valence-corrected chi connectivity index (χ2v) is 8.43. The van der Waals surface area contributed by atoms with E-state index < -0.39 is 0 Å². The van der Waals surface area contributed by atoms with Crippen molar-refractivity contribution in [2.75, 3.05) is 0 Å². The molecule has 7 nitrogen and oxygen atoms in total. The molecule has 1 aliphatic carbocycles. The SMILES string of the molecule is Cc1nn(CN(Cc2nnc(-c3ccc(Cl)cc3)o2)C2CC2)c(=S)n1-c1ccccc1. The lowest BCUT2D eigenvalue weighted by Crippen LogP contribution is -2.29. The highest BCUT2D eigenvalue weighted by Crippen LogP contribution is 2.29. The van der Waals surface area contributed by atoms with Crippen LogP contribution in [-0.2, 0) is 13.2 Å². The summed E-state index contributed by atoms with van der Waals surface area (Å²) in [6.45, 7) is 3.09. The first-order valence-corrected chi connectivity index (χ1v) is 10.9. The Morgan fingerprint density at radius 1 is 1.10 bits per heavy atom. The van der Waals surface area contributed by atoms with Crippen LogP contribution in [0.5, 0.6) is 0 Å². The Kier molecular flexibility index (Phi) is 5.43. The monoisotopic (exact) mass is 452 g/mol. The molecule has 0 aliphatic heterocycles. The van der Waals surface area contributed by atoms with Gasteiger partial charge in [0.1, 0.15) is 5.82 Å². The van der Waals surface area contributed by atoms with E-state index >= 15 is 0 Å². The highest BCUT2D eigenvalue weighted by molar-refractivity contribution is 7.71. The molecule has 31 heavy (non-hydrogen) atoms. The lowest BCUT2D eigenvalue weighted by Gasteiger charge is -2.19. The highest BCUT2D eigenvalue weighted by atomic mass is 35.5. The van der Waals surface area contributed by atoms with E-state index in [0.29, 0.717) is 40.8 Å². The fourth-order valence-electron chi connectivity index (χ4n) is 3.59. The minimum atomic E-state index is 0.468. The maximum absolute atomic E-state index is 5.96. The predicted molar refractivity (Wildman–Crippen MR) is 120 cm³/mol. The van der Waals surface area contributed by atoms with Crippen LogP contribution in [0.15, 0.2) is 59.0 Å². The van der Waals surface area contributed by atoms with Gasteiger partial charge in [0.2, 0.25) is 16.6 Å². The number of aromatic nitrogens is 5. The molecule has 2 aromatic heterocycles. The fourth-order valence-corrected chi connectivity index (χ4v) is 4.05. The predicted octanol–water partition coefficient (Wildman–Crippen LogP) is 5.04. The zero-order valence-corrected chi connectivity index (χ0v) is 18.6. The molecule has 0 radical (unpaired) electrons. The molecule has 2 aromatic carbocycles. The van der Waals surface area contributed by atoms with E-state index in [1.54, 1.807) is 0 Å². The van der Waals surface area contributed by atoms with Crippen LogP contribution in [-0.4, -0.2) is 35.5 Å². The Balaban J connectivity index is 1.36. The van der Waals surface area contributed by atoms with E-state index in [0.717, 1.165) is 29.9 Å². The van der Waals surface area contributed by atoms with Crippen LogP contribution in [0.2, 0.25) is 5.02 Å². The number of nitrogens with zero attached hydrogens (tertiary/aromatic N) is 6. The highest BCUT2D eigenvalue weighted by Gasteiger charge is 2.31. The molecule has 0 amide bonds. The van der Waals surface area contributed by atoms with E-state index in [9.17, 15) is 0 Å². The van der Waals surface area contributed by atoms with Crippen molar-refractivity contribution >= 4 is 23.8 Å². The number of rotatable bonds is 7. The van der Waals surface area contributed by atoms with Gasteiger partial charge >= 0.3 is 0 Å². The molecular formula is C22H21ClN6OS. The summed E-state index contributed by atoms with van der Waals surface area (Å²) >= 11 is 11.7. The molecule has 0 saturated heterocycles. The van der Waals surface area contributed by atoms with Crippen LogP contribution in [0.3, 0.4) is 0 Å². The van der Waals surface area contributed by atoms with Crippen LogP contribution in [0, 0.1) is 11.7 Å². The van der Waals surface area contributed by atoms with Gasteiger partial charge in [-0.25, -0.2) is 4.68 Å². The van der Waals surface area contributed by atoms with Gasteiger partial charge in [0.25, 0.3) is 0 Å². The van der Waals surface area contributed by atoms with Crippen LogP contribution in [0.1, 0.15) is 24.6 Å². The fraction of sp³-hybridized carbons (Fsp3) is 0.273. The van der Waals surface area contributed by atoms with Gasteiger partial charge in [-0.3, -0.25) is 9.47 Å². The molecule has 0 atom stereocenters. The zero-order valence-electron chi connectivity index (χ0n) is 17.0. The number of aryl methyl sites for hydroxylation is 1. The summed E-state index contributed by atoms with van der Waals surface area (Å²) < 4.78 is 10.4. The van der Waals surface area contributed by atoms with Gasteiger partial charge in [0.15, 0.2) is 0 Å². The van der Waals surface area contributed by atoms with E-state index in [2.05, 4.69) is 15.1 Å². The average Bonchev–Trinajstić information content (AvgIpc) is 3.46. The van der Waals surface area contributed by atoms with Crippen LogP contribution < -0.4 is 0 Å². The molecule has 4 aromatic rings. The third-order valence-corrected chi connectivity index (χ3v) is 5.94. The van der Waals surface area contributed by atoms with Crippen molar-refractivity contribution in [3.63, 3.8) is 0 Å². The molecule has 0 bridgehead atoms. The molecular weight excluding hydrogens is 432 g/mol. The number of halogens is 1. The minimum absolute atomic E-state index is 0.468. The van der Waals surface area contributed by atoms with Gasteiger partial charge in [0.05, 0.1) is 13.2 Å². The summed E-state index contributed by atoms with van der Waals surface area (Å²) in [5.41, 5.74) is 1.86. The van der Waals surface area contributed by atoms with E-state index in [1.807, 2.05) is 70.8 Å². The number of para-hydroxylation sites is 1. The average molecular weight is 453 g/mol. The molecule has 9 heteroatoms. The van der Waals surface area contributed by atoms with Crippen molar-refractivity contribution < 1.29 is 4.42 Å². The number of hydrogen-bond donors (Lipinski definition) is 0. The standard InChI is InChI=1S/C22H21ClN6OS/c1-15-26-28(22(31)29(15)19-5-3-2-4-6-19)14-27(18-11-12-18)13-20-24-25-21(30-20)16-7-9-17(23)10-8-16/h2-10,18H,11-14H2,1H3. The first-order valence-electron chi connectivity index (χ1n) is 10.1. The molecule has 1 saturated carbocycles. The third-order valence-electron chi connectivity index (χ3n) is 5.29. The van der Waals surface area contributed by atoms with Crippen molar-refractivity contribution in [1.29, 1.82) is 0 Å². The summed E-state index contributed by atoms with van der Waals surface area (Å²) in [6.07, 6.45) is 2.29.